The van der Waals surface area contributed by atoms with E-state index >= 15 is 0 Å². The summed E-state index contributed by atoms with van der Waals surface area (Å²) in [6.07, 6.45) is 7.57. The van der Waals surface area contributed by atoms with E-state index in [0.717, 1.165) is 12.8 Å². The van der Waals surface area contributed by atoms with E-state index in [-0.39, 0.29) is 6.61 Å². The number of rotatable bonds is 2. The van der Waals surface area contributed by atoms with Gasteiger partial charge in [0.05, 0.1) is 0 Å². The van der Waals surface area contributed by atoms with Crippen molar-refractivity contribution in [1.82, 2.24) is 0 Å². The maximum Gasteiger partial charge on any atom is 0.384 e. The van der Waals surface area contributed by atoms with E-state index in [9.17, 15) is 4.79 Å². The molecule has 0 amide bonds. The van der Waals surface area contributed by atoms with Crippen LogP contribution in [0.15, 0.2) is 12.7 Å². The summed E-state index contributed by atoms with van der Waals surface area (Å²) in [5.74, 6) is 5.47. The first-order valence-electron chi connectivity index (χ1n) is 5.12. The van der Waals surface area contributed by atoms with E-state index in [0.29, 0.717) is 5.92 Å². The molecule has 1 rings (SSSR count). The van der Waals surface area contributed by atoms with Crippen LogP contribution in [-0.2, 0) is 9.53 Å². The lowest BCUT2D eigenvalue weighted by Gasteiger charge is -2.15. The molecular formula is C12H16O2. The van der Waals surface area contributed by atoms with Crippen molar-refractivity contribution in [2.24, 2.45) is 5.92 Å². The first kappa shape index (κ1) is 10.8. The van der Waals surface area contributed by atoms with Crippen molar-refractivity contribution in [3.05, 3.63) is 12.7 Å². The molecule has 0 radical (unpaired) electrons. The normalized spacial score (nSPS) is 16.6. The number of carbonyl (C=O) groups is 1. The quantitative estimate of drug-likeness (QED) is 0.290. The standard InChI is InChI=1S/C12H16O2/c1-2-10-14-12(13)9-8-11-6-4-3-5-7-11/h2,11H,1,3-7,10H2. The smallest absolute Gasteiger partial charge is 0.384 e. The minimum atomic E-state index is -0.435. The molecule has 2 nitrogen and oxygen atoms in total. The third kappa shape index (κ3) is 4.13. The van der Waals surface area contributed by atoms with E-state index in [1.807, 2.05) is 0 Å². The summed E-state index contributed by atoms with van der Waals surface area (Å²) in [4.78, 5) is 11.0. The van der Waals surface area contributed by atoms with Crippen molar-refractivity contribution in [2.75, 3.05) is 6.61 Å². The fourth-order valence-corrected chi connectivity index (χ4v) is 1.58. The number of hydrogen-bond acceptors (Lipinski definition) is 2. The van der Waals surface area contributed by atoms with Crippen LogP contribution in [0.25, 0.3) is 0 Å². The van der Waals surface area contributed by atoms with Gasteiger partial charge in [-0.05, 0) is 12.8 Å². The van der Waals surface area contributed by atoms with Crippen molar-refractivity contribution in [2.45, 2.75) is 32.1 Å². The second-order valence-corrected chi connectivity index (χ2v) is 3.49. The highest BCUT2D eigenvalue weighted by Gasteiger charge is 2.10. The Morgan fingerprint density at radius 1 is 1.43 bits per heavy atom. The lowest BCUT2D eigenvalue weighted by molar-refractivity contribution is -0.135. The summed E-state index contributed by atoms with van der Waals surface area (Å²) >= 11 is 0. The molecule has 0 atom stereocenters. The average Bonchev–Trinajstić information content (AvgIpc) is 2.25. The van der Waals surface area contributed by atoms with Crippen LogP contribution in [-0.4, -0.2) is 12.6 Å². The SMILES string of the molecule is C=CCOC(=O)C#CC1CCCCC1. The molecule has 0 aromatic rings. The van der Waals surface area contributed by atoms with Crippen molar-refractivity contribution in [3.63, 3.8) is 0 Å². The van der Waals surface area contributed by atoms with Gasteiger partial charge in [0.1, 0.15) is 6.61 Å². The van der Waals surface area contributed by atoms with Crippen LogP contribution >= 0.6 is 0 Å². The second kappa shape index (κ2) is 6.26. The van der Waals surface area contributed by atoms with E-state index in [2.05, 4.69) is 18.4 Å². The monoisotopic (exact) mass is 192 g/mol. The molecule has 0 aromatic carbocycles. The zero-order chi connectivity index (χ0) is 10.2. The third-order valence-corrected chi connectivity index (χ3v) is 2.32. The van der Waals surface area contributed by atoms with Crippen molar-refractivity contribution < 1.29 is 9.53 Å². The Labute approximate surface area is 85.3 Å². The predicted octanol–water partition coefficient (Wildman–Crippen LogP) is 2.30. The molecule has 0 heterocycles. The number of esters is 1. The highest BCUT2D eigenvalue weighted by atomic mass is 16.5. The Hall–Kier alpha value is -1.23. The molecule has 1 saturated carbocycles. The maximum absolute atomic E-state index is 11.0. The second-order valence-electron chi connectivity index (χ2n) is 3.49. The Bertz CT molecular complexity index is 251. The summed E-state index contributed by atoms with van der Waals surface area (Å²) in [6.45, 7) is 3.71. The van der Waals surface area contributed by atoms with Gasteiger partial charge in [-0.15, -0.1) is 0 Å². The number of ether oxygens (including phenoxy) is 1. The molecule has 2 heteroatoms. The molecular weight excluding hydrogens is 176 g/mol. The summed E-state index contributed by atoms with van der Waals surface area (Å²) in [6, 6.07) is 0. The van der Waals surface area contributed by atoms with Crippen LogP contribution in [0.3, 0.4) is 0 Å². The zero-order valence-electron chi connectivity index (χ0n) is 8.42. The van der Waals surface area contributed by atoms with Crippen molar-refractivity contribution >= 4 is 5.97 Å². The molecule has 14 heavy (non-hydrogen) atoms. The summed E-state index contributed by atoms with van der Waals surface area (Å²) in [5.41, 5.74) is 0. The van der Waals surface area contributed by atoms with Gasteiger partial charge in [-0.2, -0.15) is 0 Å². The van der Waals surface area contributed by atoms with Gasteiger partial charge in [-0.25, -0.2) is 4.79 Å². The Morgan fingerprint density at radius 2 is 2.14 bits per heavy atom. The van der Waals surface area contributed by atoms with E-state index in [4.69, 9.17) is 4.74 Å². The Kier molecular flexibility index (Phi) is 4.85. The first-order valence-corrected chi connectivity index (χ1v) is 5.12. The molecule has 0 bridgehead atoms. The Morgan fingerprint density at radius 3 is 2.79 bits per heavy atom. The molecule has 1 fully saturated rings. The molecule has 0 N–H and O–H groups in total. The Balaban J connectivity index is 2.29. The van der Waals surface area contributed by atoms with Crippen molar-refractivity contribution in [1.29, 1.82) is 0 Å². The summed E-state index contributed by atoms with van der Waals surface area (Å²) in [5, 5.41) is 0. The lowest BCUT2D eigenvalue weighted by Crippen LogP contribution is -2.05. The minimum Gasteiger partial charge on any atom is -0.452 e. The van der Waals surface area contributed by atoms with Crippen LogP contribution < -0.4 is 0 Å². The van der Waals surface area contributed by atoms with E-state index < -0.39 is 5.97 Å². The van der Waals surface area contributed by atoms with Gasteiger partial charge in [-0.3, -0.25) is 0 Å². The molecule has 0 aromatic heterocycles. The van der Waals surface area contributed by atoms with Gasteiger partial charge in [0.25, 0.3) is 0 Å². The fourth-order valence-electron chi connectivity index (χ4n) is 1.58. The van der Waals surface area contributed by atoms with Crippen molar-refractivity contribution in [3.8, 4) is 11.8 Å². The maximum atomic E-state index is 11.0. The highest BCUT2D eigenvalue weighted by molar-refractivity contribution is 5.88. The lowest BCUT2D eigenvalue weighted by atomic mass is 9.90. The molecule has 76 valence electrons. The molecule has 0 saturated heterocycles. The largest absolute Gasteiger partial charge is 0.452 e. The molecule has 0 spiro atoms. The van der Waals surface area contributed by atoms with Crippen LogP contribution in [0.1, 0.15) is 32.1 Å². The van der Waals surface area contributed by atoms with Gasteiger partial charge in [-0.1, -0.05) is 37.8 Å². The summed E-state index contributed by atoms with van der Waals surface area (Å²) in [7, 11) is 0. The topological polar surface area (TPSA) is 26.3 Å². The van der Waals surface area contributed by atoms with Crippen LogP contribution in [0, 0.1) is 17.8 Å². The minimum absolute atomic E-state index is 0.248. The van der Waals surface area contributed by atoms with Gasteiger partial charge in [0, 0.05) is 11.8 Å². The first-order chi connectivity index (χ1) is 6.83. The zero-order valence-corrected chi connectivity index (χ0v) is 8.42. The number of hydrogen-bond donors (Lipinski definition) is 0. The molecule has 0 unspecified atom stereocenters. The van der Waals surface area contributed by atoms with E-state index in [1.165, 1.54) is 19.3 Å². The molecule has 0 aliphatic heterocycles. The van der Waals surface area contributed by atoms with Gasteiger partial charge in [0.2, 0.25) is 0 Å². The molecule has 1 aliphatic rings. The van der Waals surface area contributed by atoms with Gasteiger partial charge in [0.15, 0.2) is 0 Å². The third-order valence-electron chi connectivity index (χ3n) is 2.32. The number of carbonyl (C=O) groups excluding carboxylic acids is 1. The van der Waals surface area contributed by atoms with Gasteiger partial charge < -0.3 is 4.74 Å². The fraction of sp³-hybridized carbons (Fsp3) is 0.583. The van der Waals surface area contributed by atoms with Crippen LogP contribution in [0.2, 0.25) is 0 Å². The predicted molar refractivity (Wildman–Crippen MR) is 55.5 cm³/mol. The molecule has 1 aliphatic carbocycles. The van der Waals surface area contributed by atoms with Crippen LogP contribution in [0.4, 0.5) is 0 Å². The average molecular weight is 192 g/mol. The van der Waals surface area contributed by atoms with E-state index in [1.54, 1.807) is 6.08 Å². The van der Waals surface area contributed by atoms with Crippen LogP contribution in [0.5, 0.6) is 0 Å². The summed E-state index contributed by atoms with van der Waals surface area (Å²) < 4.78 is 4.75. The highest BCUT2D eigenvalue weighted by Crippen LogP contribution is 2.22. The van der Waals surface area contributed by atoms with Gasteiger partial charge >= 0.3 is 5.97 Å².